The molecule has 1 saturated carbocycles. The number of rotatable bonds is 6. The number of hydrogen-bond donors (Lipinski definition) is 1. The van der Waals surface area contributed by atoms with Crippen LogP contribution in [0.3, 0.4) is 0 Å². The number of fused-ring (bicyclic) bond motifs is 1. The molecule has 178 valence electrons. The summed E-state index contributed by atoms with van der Waals surface area (Å²) in [5.74, 6) is 0.440. The Balaban J connectivity index is 1.35. The Labute approximate surface area is 192 Å². The van der Waals surface area contributed by atoms with Gasteiger partial charge in [-0.25, -0.2) is 13.6 Å². The summed E-state index contributed by atoms with van der Waals surface area (Å²) in [6.07, 6.45) is 6.56. The number of alkyl halides is 2. The molecule has 0 unspecified atom stereocenters. The number of amides is 1. The summed E-state index contributed by atoms with van der Waals surface area (Å²) >= 11 is 0. The van der Waals surface area contributed by atoms with Crippen molar-refractivity contribution >= 4 is 17.0 Å². The van der Waals surface area contributed by atoms with E-state index in [1.54, 1.807) is 12.4 Å². The molecule has 1 aliphatic carbocycles. The van der Waals surface area contributed by atoms with E-state index >= 15 is 0 Å². The lowest BCUT2D eigenvalue weighted by molar-refractivity contribution is 0.0513. The topological polar surface area (TPSA) is 74.0 Å². The van der Waals surface area contributed by atoms with Crippen molar-refractivity contribution < 1.29 is 18.3 Å². The number of carbonyl (C=O) groups excluding carboxylic acids is 1. The summed E-state index contributed by atoms with van der Waals surface area (Å²) in [5.41, 5.74) is 2.09. The highest BCUT2D eigenvalue weighted by Gasteiger charge is 2.24. The quantitative estimate of drug-likeness (QED) is 0.534. The molecular formula is C24H31F2N5O2. The van der Waals surface area contributed by atoms with Crippen molar-refractivity contribution in [3.8, 4) is 11.1 Å². The van der Waals surface area contributed by atoms with E-state index in [2.05, 4.69) is 16.6 Å². The van der Waals surface area contributed by atoms with Crippen molar-refractivity contribution in [2.45, 2.75) is 71.1 Å². The number of hydrogen-bond acceptors (Lipinski definition) is 4. The SMILES string of the molecule is CC(C)(C)OC(=O)NCC1CCC(n2cc3ccc(-c4cnn(CC(F)F)c4)cc3n2)CC1. The lowest BCUT2D eigenvalue weighted by atomic mass is 9.86. The molecule has 2 aromatic heterocycles. The van der Waals surface area contributed by atoms with Crippen LogP contribution >= 0.6 is 0 Å². The van der Waals surface area contributed by atoms with Gasteiger partial charge in [-0.05, 0) is 64.0 Å². The van der Waals surface area contributed by atoms with Crippen molar-refractivity contribution in [3.63, 3.8) is 0 Å². The van der Waals surface area contributed by atoms with Gasteiger partial charge in [-0.15, -0.1) is 0 Å². The zero-order valence-electron chi connectivity index (χ0n) is 19.3. The van der Waals surface area contributed by atoms with Crippen LogP contribution in [-0.2, 0) is 11.3 Å². The van der Waals surface area contributed by atoms with Gasteiger partial charge < -0.3 is 10.1 Å². The molecule has 0 radical (unpaired) electrons. The lowest BCUT2D eigenvalue weighted by Gasteiger charge is -2.29. The van der Waals surface area contributed by atoms with Gasteiger partial charge in [0, 0.05) is 29.9 Å². The Morgan fingerprint density at radius 2 is 1.94 bits per heavy atom. The molecule has 9 heteroatoms. The third-order valence-electron chi connectivity index (χ3n) is 5.94. The molecule has 0 bridgehead atoms. The first-order valence-electron chi connectivity index (χ1n) is 11.4. The van der Waals surface area contributed by atoms with Gasteiger partial charge in [0.1, 0.15) is 12.1 Å². The average molecular weight is 460 g/mol. The summed E-state index contributed by atoms with van der Waals surface area (Å²) in [6, 6.07) is 6.28. The molecule has 3 aromatic rings. The van der Waals surface area contributed by atoms with E-state index in [1.807, 2.05) is 43.7 Å². The van der Waals surface area contributed by atoms with E-state index in [-0.39, 0.29) is 6.09 Å². The van der Waals surface area contributed by atoms with Crippen LogP contribution in [0.15, 0.2) is 36.8 Å². The third-order valence-corrected chi connectivity index (χ3v) is 5.94. The van der Waals surface area contributed by atoms with Crippen LogP contribution in [0.2, 0.25) is 0 Å². The molecule has 1 amide bonds. The molecule has 0 saturated heterocycles. The van der Waals surface area contributed by atoms with Crippen LogP contribution in [0, 0.1) is 5.92 Å². The monoisotopic (exact) mass is 459 g/mol. The molecule has 7 nitrogen and oxygen atoms in total. The van der Waals surface area contributed by atoms with E-state index in [0.29, 0.717) is 18.5 Å². The Hall–Kier alpha value is -2.97. The first-order valence-corrected chi connectivity index (χ1v) is 11.4. The van der Waals surface area contributed by atoms with E-state index < -0.39 is 18.6 Å². The number of benzene rings is 1. The van der Waals surface area contributed by atoms with Crippen LogP contribution in [0.5, 0.6) is 0 Å². The summed E-state index contributed by atoms with van der Waals surface area (Å²) in [6.45, 7) is 5.79. The number of nitrogens with zero attached hydrogens (tertiary/aromatic N) is 4. The Kier molecular flexibility index (Phi) is 6.67. The fraction of sp³-hybridized carbons (Fsp3) is 0.542. The van der Waals surface area contributed by atoms with Crippen LogP contribution in [0.25, 0.3) is 22.0 Å². The molecule has 0 aliphatic heterocycles. The van der Waals surface area contributed by atoms with Crippen molar-refractivity contribution in [1.82, 2.24) is 24.9 Å². The highest BCUT2D eigenvalue weighted by atomic mass is 19.3. The van der Waals surface area contributed by atoms with Gasteiger partial charge in [-0.3, -0.25) is 9.36 Å². The molecule has 1 aromatic carbocycles. The number of ether oxygens (including phenoxy) is 1. The first-order chi connectivity index (χ1) is 15.7. The predicted octanol–water partition coefficient (Wildman–Crippen LogP) is 5.42. The normalized spacial score (nSPS) is 19.2. The minimum atomic E-state index is -2.43. The summed E-state index contributed by atoms with van der Waals surface area (Å²) in [4.78, 5) is 11.9. The summed E-state index contributed by atoms with van der Waals surface area (Å²) in [7, 11) is 0. The zero-order chi connectivity index (χ0) is 23.6. The second kappa shape index (κ2) is 9.49. The molecular weight excluding hydrogens is 428 g/mol. The number of nitrogens with one attached hydrogen (secondary N) is 1. The molecule has 0 atom stereocenters. The lowest BCUT2D eigenvalue weighted by Crippen LogP contribution is -2.36. The Morgan fingerprint density at radius 1 is 1.18 bits per heavy atom. The second-order valence-electron chi connectivity index (χ2n) is 9.78. The number of carbonyl (C=O) groups is 1. The van der Waals surface area contributed by atoms with E-state index in [9.17, 15) is 13.6 Å². The number of aromatic nitrogens is 4. The van der Waals surface area contributed by atoms with E-state index in [0.717, 1.165) is 47.7 Å². The number of halogens is 2. The zero-order valence-corrected chi connectivity index (χ0v) is 19.3. The van der Waals surface area contributed by atoms with Crippen molar-refractivity contribution in [1.29, 1.82) is 0 Å². The maximum atomic E-state index is 12.6. The highest BCUT2D eigenvalue weighted by Crippen LogP contribution is 2.33. The highest BCUT2D eigenvalue weighted by molar-refractivity contribution is 5.83. The van der Waals surface area contributed by atoms with Gasteiger partial charge in [-0.1, -0.05) is 12.1 Å². The first kappa shape index (κ1) is 23.2. The average Bonchev–Trinajstić information content (AvgIpc) is 3.37. The molecule has 0 spiro atoms. The maximum absolute atomic E-state index is 12.6. The van der Waals surface area contributed by atoms with Gasteiger partial charge in [-0.2, -0.15) is 10.2 Å². The maximum Gasteiger partial charge on any atom is 0.407 e. The van der Waals surface area contributed by atoms with E-state index in [1.165, 1.54) is 4.68 Å². The minimum absolute atomic E-state index is 0.326. The van der Waals surface area contributed by atoms with Crippen LogP contribution < -0.4 is 5.32 Å². The predicted molar refractivity (Wildman–Crippen MR) is 122 cm³/mol. The van der Waals surface area contributed by atoms with Crippen LogP contribution in [-0.4, -0.2) is 44.2 Å². The van der Waals surface area contributed by atoms with Crippen LogP contribution in [0.1, 0.15) is 52.5 Å². The molecule has 33 heavy (non-hydrogen) atoms. The summed E-state index contributed by atoms with van der Waals surface area (Å²) < 4.78 is 33.8. The van der Waals surface area contributed by atoms with Gasteiger partial charge in [0.15, 0.2) is 0 Å². The van der Waals surface area contributed by atoms with Gasteiger partial charge >= 0.3 is 6.09 Å². The Bertz CT molecular complexity index is 1090. The van der Waals surface area contributed by atoms with Crippen molar-refractivity contribution in [2.24, 2.45) is 5.92 Å². The largest absolute Gasteiger partial charge is 0.444 e. The molecule has 1 fully saturated rings. The molecule has 4 rings (SSSR count). The molecule has 1 aliphatic rings. The van der Waals surface area contributed by atoms with Crippen LogP contribution in [0.4, 0.5) is 13.6 Å². The third kappa shape index (κ3) is 6.09. The fourth-order valence-electron chi connectivity index (χ4n) is 4.31. The Morgan fingerprint density at radius 3 is 2.64 bits per heavy atom. The molecule has 1 N–H and O–H groups in total. The van der Waals surface area contributed by atoms with Gasteiger partial charge in [0.25, 0.3) is 6.43 Å². The van der Waals surface area contributed by atoms with Crippen molar-refractivity contribution in [2.75, 3.05) is 6.54 Å². The smallest absolute Gasteiger partial charge is 0.407 e. The van der Waals surface area contributed by atoms with Gasteiger partial charge in [0.05, 0.1) is 17.8 Å². The van der Waals surface area contributed by atoms with Crippen molar-refractivity contribution in [3.05, 3.63) is 36.8 Å². The summed E-state index contributed by atoms with van der Waals surface area (Å²) in [5, 5.41) is 12.8. The fourth-order valence-corrected chi connectivity index (χ4v) is 4.31. The van der Waals surface area contributed by atoms with E-state index in [4.69, 9.17) is 9.84 Å². The van der Waals surface area contributed by atoms with Gasteiger partial charge in [0.2, 0.25) is 0 Å². The minimum Gasteiger partial charge on any atom is -0.444 e. The number of alkyl carbamates (subject to hydrolysis) is 1. The standard InChI is InChI=1S/C24H31F2N5O2/c1-24(2,3)33-23(32)27-11-16-4-8-20(9-5-16)31-14-18-7-6-17(10-21(18)29-31)19-12-28-30(13-19)15-22(25)26/h6-7,10,12-14,16,20,22H,4-5,8-9,11,15H2,1-3H3,(H,27,32). The molecule has 2 heterocycles. The second-order valence-corrected chi connectivity index (χ2v) is 9.78.